The van der Waals surface area contributed by atoms with Gasteiger partial charge in [0.25, 0.3) is 0 Å². The van der Waals surface area contributed by atoms with Gasteiger partial charge in [0.15, 0.2) is 5.82 Å². The molecule has 3 aromatic rings. The van der Waals surface area contributed by atoms with Gasteiger partial charge in [-0.1, -0.05) is 6.07 Å². The van der Waals surface area contributed by atoms with Gasteiger partial charge in [0.05, 0.1) is 11.4 Å². The number of rotatable bonds is 1. The molecule has 2 N–H and O–H groups in total. The highest BCUT2D eigenvalue weighted by Gasteiger charge is 2.21. The van der Waals surface area contributed by atoms with Crippen LogP contribution in [0.15, 0.2) is 42.6 Å². The quantitative estimate of drug-likeness (QED) is 0.712. The van der Waals surface area contributed by atoms with E-state index in [1.54, 1.807) is 18.3 Å². The van der Waals surface area contributed by atoms with Crippen molar-refractivity contribution < 1.29 is 5.11 Å². The van der Waals surface area contributed by atoms with E-state index in [-0.39, 0.29) is 5.75 Å². The maximum Gasteiger partial charge on any atom is 0.187 e. The molecule has 6 nitrogen and oxygen atoms in total. The van der Waals surface area contributed by atoms with Crippen molar-refractivity contribution in [1.29, 1.82) is 0 Å². The predicted molar refractivity (Wildman–Crippen MR) is 78.4 cm³/mol. The molecule has 1 aliphatic rings. The van der Waals surface area contributed by atoms with Crippen molar-refractivity contribution in [3.05, 3.63) is 48.4 Å². The molecule has 0 radical (unpaired) electrons. The van der Waals surface area contributed by atoms with Crippen LogP contribution in [0.4, 0.5) is 5.69 Å². The number of aromatic nitrogens is 4. The first kappa shape index (κ1) is 11.9. The largest absolute Gasteiger partial charge is 0.508 e. The number of hydrogen-bond donors (Lipinski definition) is 2. The maximum absolute atomic E-state index is 9.67. The number of anilines is 1. The smallest absolute Gasteiger partial charge is 0.187 e. The summed E-state index contributed by atoms with van der Waals surface area (Å²) in [5.74, 6) is 1.82. The Kier molecular flexibility index (Phi) is 2.60. The van der Waals surface area contributed by atoms with Gasteiger partial charge in [-0.2, -0.15) is 0 Å². The van der Waals surface area contributed by atoms with Gasteiger partial charge in [-0.3, -0.25) is 9.55 Å². The zero-order chi connectivity index (χ0) is 14.2. The highest BCUT2D eigenvalue weighted by molar-refractivity contribution is 5.68. The monoisotopic (exact) mass is 279 g/mol. The molecule has 104 valence electrons. The number of nitrogens with one attached hydrogen (secondary N) is 1. The molecule has 0 amide bonds. The fraction of sp³-hybridized carbons (Fsp3) is 0.133. The van der Waals surface area contributed by atoms with Crippen LogP contribution in [0.2, 0.25) is 0 Å². The number of pyridine rings is 1. The van der Waals surface area contributed by atoms with Crippen LogP contribution in [-0.2, 0) is 6.42 Å². The molecule has 0 saturated carbocycles. The fourth-order valence-corrected chi connectivity index (χ4v) is 2.56. The Morgan fingerprint density at radius 3 is 2.95 bits per heavy atom. The van der Waals surface area contributed by atoms with Crippen LogP contribution < -0.4 is 5.32 Å². The first-order chi connectivity index (χ1) is 10.3. The molecular weight excluding hydrogens is 266 g/mol. The summed E-state index contributed by atoms with van der Waals surface area (Å²) >= 11 is 0. The molecule has 1 aromatic carbocycles. The SMILES string of the molecule is Oc1ccc2c(c1)NCCc1nnc(-c3ccccn3)n1-2. The summed E-state index contributed by atoms with van der Waals surface area (Å²) in [6.45, 7) is 0.747. The summed E-state index contributed by atoms with van der Waals surface area (Å²) < 4.78 is 2.00. The molecule has 6 heteroatoms. The van der Waals surface area contributed by atoms with E-state index in [0.717, 1.165) is 35.9 Å². The third-order valence-electron chi connectivity index (χ3n) is 3.51. The van der Waals surface area contributed by atoms with Crippen molar-refractivity contribution in [2.24, 2.45) is 0 Å². The molecule has 3 heterocycles. The summed E-state index contributed by atoms with van der Waals surface area (Å²) in [5.41, 5.74) is 2.56. The summed E-state index contributed by atoms with van der Waals surface area (Å²) in [6.07, 6.45) is 2.50. The van der Waals surface area contributed by atoms with Crippen LogP contribution in [0.25, 0.3) is 17.2 Å². The van der Waals surface area contributed by atoms with Crippen LogP contribution in [0, 0.1) is 0 Å². The minimum absolute atomic E-state index is 0.233. The van der Waals surface area contributed by atoms with Crippen LogP contribution in [-0.4, -0.2) is 31.4 Å². The Bertz CT molecular complexity index is 797. The highest BCUT2D eigenvalue weighted by Crippen LogP contribution is 2.31. The molecule has 0 aliphatic carbocycles. The third-order valence-corrected chi connectivity index (χ3v) is 3.51. The summed E-state index contributed by atoms with van der Waals surface area (Å²) in [5, 5.41) is 21.6. The van der Waals surface area contributed by atoms with Crippen molar-refractivity contribution in [1.82, 2.24) is 19.7 Å². The number of fused-ring (bicyclic) bond motifs is 3. The molecule has 1 aliphatic heterocycles. The Hall–Kier alpha value is -2.89. The highest BCUT2D eigenvalue weighted by atomic mass is 16.3. The molecular formula is C15H13N5O. The predicted octanol–water partition coefficient (Wildman–Crippen LogP) is 2.00. The van der Waals surface area contributed by atoms with Crippen molar-refractivity contribution >= 4 is 5.69 Å². The number of benzene rings is 1. The molecule has 0 spiro atoms. The Labute approximate surface area is 121 Å². The zero-order valence-electron chi connectivity index (χ0n) is 11.2. The van der Waals surface area contributed by atoms with E-state index in [4.69, 9.17) is 0 Å². The van der Waals surface area contributed by atoms with Crippen LogP contribution >= 0.6 is 0 Å². The fourth-order valence-electron chi connectivity index (χ4n) is 2.56. The Morgan fingerprint density at radius 2 is 2.10 bits per heavy atom. The summed E-state index contributed by atoms with van der Waals surface area (Å²) in [6, 6.07) is 11.0. The summed E-state index contributed by atoms with van der Waals surface area (Å²) in [4.78, 5) is 4.36. The molecule has 0 bridgehead atoms. The van der Waals surface area contributed by atoms with Gasteiger partial charge in [-0.25, -0.2) is 0 Å². The molecule has 21 heavy (non-hydrogen) atoms. The molecule has 4 rings (SSSR count). The second-order valence-electron chi connectivity index (χ2n) is 4.87. The second-order valence-corrected chi connectivity index (χ2v) is 4.87. The van der Waals surface area contributed by atoms with Gasteiger partial charge in [-0.15, -0.1) is 10.2 Å². The molecule has 0 fully saturated rings. The van der Waals surface area contributed by atoms with E-state index in [1.807, 2.05) is 28.8 Å². The first-order valence-corrected chi connectivity index (χ1v) is 6.76. The Morgan fingerprint density at radius 1 is 1.14 bits per heavy atom. The van der Waals surface area contributed by atoms with E-state index < -0.39 is 0 Å². The lowest BCUT2D eigenvalue weighted by Crippen LogP contribution is -2.03. The van der Waals surface area contributed by atoms with Gasteiger partial charge in [0.2, 0.25) is 0 Å². The third kappa shape index (κ3) is 1.92. The van der Waals surface area contributed by atoms with Crippen LogP contribution in [0.3, 0.4) is 0 Å². The van der Waals surface area contributed by atoms with Gasteiger partial charge >= 0.3 is 0 Å². The lowest BCUT2D eigenvalue weighted by atomic mass is 10.2. The van der Waals surface area contributed by atoms with E-state index in [2.05, 4.69) is 20.5 Å². The van der Waals surface area contributed by atoms with Crippen molar-refractivity contribution in [3.63, 3.8) is 0 Å². The number of phenolic OH excluding ortho intramolecular Hbond substituents is 1. The van der Waals surface area contributed by atoms with Crippen LogP contribution in [0.1, 0.15) is 5.82 Å². The van der Waals surface area contributed by atoms with E-state index >= 15 is 0 Å². The minimum atomic E-state index is 0.233. The molecule has 0 unspecified atom stereocenters. The van der Waals surface area contributed by atoms with Crippen molar-refractivity contribution in [2.75, 3.05) is 11.9 Å². The van der Waals surface area contributed by atoms with Crippen LogP contribution in [0.5, 0.6) is 5.75 Å². The number of phenols is 1. The first-order valence-electron chi connectivity index (χ1n) is 6.76. The normalized spacial score (nSPS) is 13.0. The van der Waals surface area contributed by atoms with E-state index in [9.17, 15) is 5.11 Å². The molecule has 0 saturated heterocycles. The van der Waals surface area contributed by atoms with Gasteiger partial charge in [0.1, 0.15) is 17.3 Å². The van der Waals surface area contributed by atoms with Gasteiger partial charge in [0, 0.05) is 25.2 Å². The van der Waals surface area contributed by atoms with Crippen molar-refractivity contribution in [3.8, 4) is 23.0 Å². The van der Waals surface area contributed by atoms with Gasteiger partial charge < -0.3 is 10.4 Å². The molecule has 2 aromatic heterocycles. The lowest BCUT2D eigenvalue weighted by Gasteiger charge is -2.11. The number of hydrogen-bond acceptors (Lipinski definition) is 5. The summed E-state index contributed by atoms with van der Waals surface area (Å²) in [7, 11) is 0. The second kappa shape index (κ2) is 4.59. The average Bonchev–Trinajstić information content (AvgIpc) is 2.84. The maximum atomic E-state index is 9.67. The minimum Gasteiger partial charge on any atom is -0.508 e. The zero-order valence-corrected chi connectivity index (χ0v) is 11.2. The van der Waals surface area contributed by atoms with Crippen molar-refractivity contribution in [2.45, 2.75) is 6.42 Å². The number of nitrogens with zero attached hydrogens (tertiary/aromatic N) is 4. The standard InChI is InChI=1S/C15H13N5O/c21-10-4-5-13-12(9-10)17-8-6-14-18-19-15(20(13)14)11-3-1-2-7-16-11/h1-5,7,9,17,21H,6,8H2. The Balaban J connectivity index is 1.97. The number of aromatic hydroxyl groups is 1. The average molecular weight is 279 g/mol. The molecule has 0 atom stereocenters. The topological polar surface area (TPSA) is 75.9 Å². The lowest BCUT2D eigenvalue weighted by molar-refractivity contribution is 0.475. The van der Waals surface area contributed by atoms with E-state index in [1.165, 1.54) is 0 Å². The van der Waals surface area contributed by atoms with Gasteiger partial charge in [-0.05, 0) is 24.3 Å². The van der Waals surface area contributed by atoms with E-state index in [0.29, 0.717) is 5.82 Å².